The Kier molecular flexibility index (Phi) is 1.59. The van der Waals surface area contributed by atoms with Gasteiger partial charge in [0, 0.05) is 5.92 Å². The lowest BCUT2D eigenvalue weighted by Crippen LogP contribution is -2.40. The van der Waals surface area contributed by atoms with E-state index < -0.39 is 5.60 Å². The maximum atomic E-state index is 9.93. The van der Waals surface area contributed by atoms with Crippen molar-refractivity contribution in [2.24, 2.45) is 11.8 Å². The Bertz CT molecular complexity index is 189. The molecular formula is C10H18O2. The van der Waals surface area contributed by atoms with Gasteiger partial charge in [0.2, 0.25) is 0 Å². The zero-order chi connectivity index (χ0) is 8.98. The molecule has 1 N–H and O–H groups in total. The smallest absolute Gasteiger partial charge is 0.0996 e. The van der Waals surface area contributed by atoms with Gasteiger partial charge in [-0.3, -0.25) is 0 Å². The number of aliphatic hydroxyl groups is 1. The minimum absolute atomic E-state index is 0.0538. The fraction of sp³-hybridized carbons (Fsp3) is 1.00. The molecule has 1 heterocycles. The summed E-state index contributed by atoms with van der Waals surface area (Å²) in [6, 6.07) is 0. The van der Waals surface area contributed by atoms with Crippen LogP contribution in [0.15, 0.2) is 0 Å². The lowest BCUT2D eigenvalue weighted by Gasteiger charge is -2.30. The van der Waals surface area contributed by atoms with Gasteiger partial charge in [0.25, 0.3) is 0 Å². The normalized spacial score (nSPS) is 47.0. The summed E-state index contributed by atoms with van der Waals surface area (Å²) in [6.07, 6.45) is 2.32. The molecular weight excluding hydrogens is 152 g/mol. The van der Waals surface area contributed by atoms with E-state index in [4.69, 9.17) is 4.74 Å². The molecule has 0 aromatic rings. The van der Waals surface area contributed by atoms with E-state index in [0.717, 1.165) is 13.0 Å². The minimum Gasteiger partial charge on any atom is -0.390 e. The molecule has 1 aliphatic heterocycles. The zero-order valence-electron chi connectivity index (χ0n) is 8.13. The third-order valence-electron chi connectivity index (χ3n) is 3.64. The van der Waals surface area contributed by atoms with E-state index in [9.17, 15) is 5.11 Å². The molecule has 70 valence electrons. The average Bonchev–Trinajstić information content (AvgIpc) is 2.58. The van der Waals surface area contributed by atoms with E-state index in [0.29, 0.717) is 11.8 Å². The Hall–Kier alpha value is -0.0800. The molecule has 0 unspecified atom stereocenters. The first-order valence-electron chi connectivity index (χ1n) is 4.83. The summed E-state index contributed by atoms with van der Waals surface area (Å²) in [4.78, 5) is 0. The Balaban J connectivity index is 2.19. The van der Waals surface area contributed by atoms with Gasteiger partial charge in [-0.2, -0.15) is 0 Å². The number of rotatable bonds is 1. The lowest BCUT2D eigenvalue weighted by molar-refractivity contribution is -0.0149. The molecule has 2 nitrogen and oxygen atoms in total. The molecule has 1 saturated heterocycles. The van der Waals surface area contributed by atoms with Gasteiger partial charge in [0.1, 0.15) is 0 Å². The third kappa shape index (κ3) is 1.01. The Labute approximate surface area is 73.9 Å². The molecule has 0 amide bonds. The van der Waals surface area contributed by atoms with Gasteiger partial charge in [0.05, 0.1) is 17.8 Å². The molecule has 12 heavy (non-hydrogen) atoms. The van der Waals surface area contributed by atoms with Crippen molar-refractivity contribution in [3.05, 3.63) is 0 Å². The predicted molar refractivity (Wildman–Crippen MR) is 46.9 cm³/mol. The quantitative estimate of drug-likeness (QED) is 0.606. The fourth-order valence-corrected chi connectivity index (χ4v) is 2.77. The molecule has 2 heteroatoms. The molecule has 0 radical (unpaired) electrons. The van der Waals surface area contributed by atoms with Crippen molar-refractivity contribution in [2.75, 3.05) is 6.61 Å². The molecule has 2 rings (SSSR count). The summed E-state index contributed by atoms with van der Waals surface area (Å²) >= 11 is 0. The van der Waals surface area contributed by atoms with Crippen LogP contribution in [-0.4, -0.2) is 22.9 Å². The van der Waals surface area contributed by atoms with Crippen LogP contribution < -0.4 is 0 Å². The first kappa shape index (κ1) is 8.52. The highest BCUT2D eigenvalue weighted by molar-refractivity contribution is 5.10. The predicted octanol–water partition coefficient (Wildman–Crippen LogP) is 1.57. The maximum absolute atomic E-state index is 9.93. The van der Waals surface area contributed by atoms with E-state index in [1.807, 2.05) is 13.8 Å². The van der Waals surface area contributed by atoms with Crippen molar-refractivity contribution in [2.45, 2.75) is 44.8 Å². The molecule has 1 saturated carbocycles. The summed E-state index contributed by atoms with van der Waals surface area (Å²) in [5.41, 5.74) is -0.514. The number of ether oxygens (including phenoxy) is 1. The van der Waals surface area contributed by atoms with Crippen LogP contribution in [0.1, 0.15) is 33.6 Å². The van der Waals surface area contributed by atoms with Gasteiger partial charge in [-0.1, -0.05) is 6.92 Å². The summed E-state index contributed by atoms with van der Waals surface area (Å²) in [5, 5.41) is 9.93. The zero-order valence-corrected chi connectivity index (χ0v) is 8.13. The highest BCUT2D eigenvalue weighted by Gasteiger charge is 2.62. The van der Waals surface area contributed by atoms with E-state index in [1.165, 1.54) is 6.42 Å². The van der Waals surface area contributed by atoms with Gasteiger partial charge in [-0.15, -0.1) is 0 Å². The average molecular weight is 170 g/mol. The highest BCUT2D eigenvalue weighted by atomic mass is 16.6. The van der Waals surface area contributed by atoms with Gasteiger partial charge < -0.3 is 9.84 Å². The highest BCUT2D eigenvalue weighted by Crippen LogP contribution is 2.55. The van der Waals surface area contributed by atoms with Crippen molar-refractivity contribution >= 4 is 0 Å². The molecule has 0 aromatic heterocycles. The van der Waals surface area contributed by atoms with Crippen LogP contribution in [0.4, 0.5) is 0 Å². The number of hydrogen-bond donors (Lipinski definition) is 1. The summed E-state index contributed by atoms with van der Waals surface area (Å²) in [7, 11) is 0. The Morgan fingerprint density at radius 1 is 1.42 bits per heavy atom. The van der Waals surface area contributed by atoms with E-state index in [-0.39, 0.29) is 5.60 Å². The van der Waals surface area contributed by atoms with Crippen LogP contribution in [0.25, 0.3) is 0 Å². The largest absolute Gasteiger partial charge is 0.390 e. The van der Waals surface area contributed by atoms with Crippen LogP contribution in [0.5, 0.6) is 0 Å². The monoisotopic (exact) mass is 170 g/mol. The SMILES string of the molecule is C[C@H]1CC[C@@H](C(C)(C)O)[C@]12CO2. The van der Waals surface area contributed by atoms with Crippen LogP contribution in [0.3, 0.4) is 0 Å². The van der Waals surface area contributed by atoms with Crippen LogP contribution >= 0.6 is 0 Å². The Morgan fingerprint density at radius 2 is 2.00 bits per heavy atom. The van der Waals surface area contributed by atoms with Gasteiger partial charge >= 0.3 is 0 Å². The lowest BCUT2D eigenvalue weighted by atomic mass is 9.80. The van der Waals surface area contributed by atoms with Crippen molar-refractivity contribution in [1.29, 1.82) is 0 Å². The maximum Gasteiger partial charge on any atom is 0.0996 e. The van der Waals surface area contributed by atoms with Crippen molar-refractivity contribution in [1.82, 2.24) is 0 Å². The summed E-state index contributed by atoms with van der Waals surface area (Å²) in [6.45, 7) is 6.90. The summed E-state index contributed by atoms with van der Waals surface area (Å²) < 4.78 is 5.55. The summed E-state index contributed by atoms with van der Waals surface area (Å²) in [5.74, 6) is 0.980. The van der Waals surface area contributed by atoms with Crippen molar-refractivity contribution in [3.8, 4) is 0 Å². The molecule has 0 bridgehead atoms. The van der Waals surface area contributed by atoms with Gasteiger partial charge in [-0.25, -0.2) is 0 Å². The van der Waals surface area contributed by atoms with E-state index >= 15 is 0 Å². The van der Waals surface area contributed by atoms with Crippen LogP contribution in [-0.2, 0) is 4.74 Å². The topological polar surface area (TPSA) is 32.8 Å². The van der Waals surface area contributed by atoms with Crippen molar-refractivity contribution in [3.63, 3.8) is 0 Å². The second-order valence-corrected chi connectivity index (χ2v) is 4.93. The fourth-order valence-electron chi connectivity index (χ4n) is 2.77. The van der Waals surface area contributed by atoms with Crippen LogP contribution in [0.2, 0.25) is 0 Å². The second-order valence-electron chi connectivity index (χ2n) is 4.93. The molecule has 1 aliphatic carbocycles. The molecule has 1 spiro atoms. The number of epoxide rings is 1. The van der Waals surface area contributed by atoms with Gasteiger partial charge in [-0.05, 0) is 32.6 Å². The molecule has 0 aromatic carbocycles. The third-order valence-corrected chi connectivity index (χ3v) is 3.64. The standard InChI is InChI=1S/C10H18O2/c1-7-4-5-8(9(2,3)11)10(7)6-12-10/h7-8,11H,4-6H2,1-3H3/t7-,8-,10-/m0/s1. The van der Waals surface area contributed by atoms with E-state index in [2.05, 4.69) is 6.92 Å². The van der Waals surface area contributed by atoms with E-state index in [1.54, 1.807) is 0 Å². The van der Waals surface area contributed by atoms with Crippen molar-refractivity contribution < 1.29 is 9.84 Å². The first-order chi connectivity index (χ1) is 5.47. The molecule has 2 aliphatic rings. The Morgan fingerprint density at radius 3 is 2.33 bits per heavy atom. The second kappa shape index (κ2) is 2.24. The van der Waals surface area contributed by atoms with Crippen LogP contribution in [0, 0.1) is 11.8 Å². The number of hydrogen-bond acceptors (Lipinski definition) is 2. The molecule has 3 atom stereocenters. The van der Waals surface area contributed by atoms with Gasteiger partial charge in [0.15, 0.2) is 0 Å². The first-order valence-corrected chi connectivity index (χ1v) is 4.83. The molecule has 2 fully saturated rings. The minimum atomic E-state index is -0.568.